The van der Waals surface area contributed by atoms with E-state index in [4.69, 9.17) is 5.73 Å². The number of nitrogens with zero attached hydrogens (tertiary/aromatic N) is 2. The highest BCUT2D eigenvalue weighted by atomic mass is 16.2. The van der Waals surface area contributed by atoms with Gasteiger partial charge in [0.1, 0.15) is 0 Å². The van der Waals surface area contributed by atoms with Crippen LogP contribution in [0.2, 0.25) is 0 Å². The third-order valence-electron chi connectivity index (χ3n) is 1.85. The molecule has 1 amide bonds. The molecule has 0 atom stereocenters. The molecule has 4 nitrogen and oxygen atoms in total. The lowest BCUT2D eigenvalue weighted by molar-refractivity contribution is -0.131. The fraction of sp³-hybridized carbons (Fsp3) is 0.750. The Morgan fingerprint density at radius 2 is 2.33 bits per heavy atom. The van der Waals surface area contributed by atoms with Gasteiger partial charge in [-0.2, -0.15) is 5.10 Å². The molecule has 0 saturated heterocycles. The summed E-state index contributed by atoms with van der Waals surface area (Å²) in [6.07, 6.45) is 2.23. The summed E-state index contributed by atoms with van der Waals surface area (Å²) in [5.41, 5.74) is 6.37. The molecule has 12 heavy (non-hydrogen) atoms. The molecule has 0 aliphatic carbocycles. The summed E-state index contributed by atoms with van der Waals surface area (Å²) in [5.74, 6) is 0.119. The lowest BCUT2D eigenvalue weighted by Crippen LogP contribution is -2.34. The fourth-order valence-corrected chi connectivity index (χ4v) is 1.19. The second kappa shape index (κ2) is 4.21. The van der Waals surface area contributed by atoms with Gasteiger partial charge in [0.05, 0.1) is 5.71 Å². The van der Waals surface area contributed by atoms with E-state index in [1.165, 1.54) is 5.01 Å². The van der Waals surface area contributed by atoms with Crippen molar-refractivity contribution in [2.45, 2.75) is 26.2 Å². The molecule has 0 spiro atoms. The summed E-state index contributed by atoms with van der Waals surface area (Å²) in [5, 5.41) is 5.68. The number of carbonyl (C=O) groups is 1. The highest BCUT2D eigenvalue weighted by molar-refractivity contribution is 5.93. The molecule has 1 rings (SSSR count). The molecule has 0 aromatic carbocycles. The number of hydrazone groups is 1. The summed E-state index contributed by atoms with van der Waals surface area (Å²) in [7, 11) is 0. The first-order valence-electron chi connectivity index (χ1n) is 4.34. The second-order valence-corrected chi connectivity index (χ2v) is 2.89. The maximum Gasteiger partial charge on any atom is 0.243 e. The average Bonchev–Trinajstić information content (AvgIpc) is 2.09. The van der Waals surface area contributed by atoms with Gasteiger partial charge in [0, 0.05) is 19.5 Å². The normalized spacial score (nSPS) is 18.0. The SMILES string of the molecule is CCCN1N=C(CN)CCC1=O. The van der Waals surface area contributed by atoms with Gasteiger partial charge >= 0.3 is 0 Å². The van der Waals surface area contributed by atoms with Gasteiger partial charge in [0.15, 0.2) is 0 Å². The maximum absolute atomic E-state index is 11.2. The maximum atomic E-state index is 11.2. The zero-order valence-corrected chi connectivity index (χ0v) is 7.42. The van der Waals surface area contributed by atoms with E-state index >= 15 is 0 Å². The standard InChI is InChI=1S/C8H15N3O/c1-2-5-11-8(12)4-3-7(6-9)10-11/h2-6,9H2,1H3. The van der Waals surface area contributed by atoms with Crippen molar-refractivity contribution in [3.05, 3.63) is 0 Å². The van der Waals surface area contributed by atoms with E-state index < -0.39 is 0 Å². The van der Waals surface area contributed by atoms with E-state index in [0.717, 1.165) is 18.6 Å². The number of nitrogens with two attached hydrogens (primary N) is 1. The first kappa shape index (κ1) is 9.19. The van der Waals surface area contributed by atoms with Crippen LogP contribution in [-0.4, -0.2) is 29.7 Å². The highest BCUT2D eigenvalue weighted by Crippen LogP contribution is 2.08. The van der Waals surface area contributed by atoms with Gasteiger partial charge in [-0.05, 0) is 12.8 Å². The molecule has 0 aromatic heterocycles. The lowest BCUT2D eigenvalue weighted by Gasteiger charge is -2.22. The number of hydrogen-bond acceptors (Lipinski definition) is 3. The Hall–Kier alpha value is -0.900. The van der Waals surface area contributed by atoms with E-state index in [9.17, 15) is 4.79 Å². The molecule has 68 valence electrons. The van der Waals surface area contributed by atoms with E-state index in [1.54, 1.807) is 0 Å². The third-order valence-corrected chi connectivity index (χ3v) is 1.85. The minimum atomic E-state index is 0.119. The minimum absolute atomic E-state index is 0.119. The quantitative estimate of drug-likeness (QED) is 0.662. The van der Waals surface area contributed by atoms with Crippen molar-refractivity contribution in [1.29, 1.82) is 0 Å². The highest BCUT2D eigenvalue weighted by Gasteiger charge is 2.18. The van der Waals surface area contributed by atoms with Crippen LogP contribution < -0.4 is 5.73 Å². The molecule has 0 saturated carbocycles. The summed E-state index contributed by atoms with van der Waals surface area (Å²) < 4.78 is 0. The van der Waals surface area contributed by atoms with Gasteiger partial charge in [-0.15, -0.1) is 0 Å². The van der Waals surface area contributed by atoms with Crippen LogP contribution in [0.15, 0.2) is 5.10 Å². The summed E-state index contributed by atoms with van der Waals surface area (Å²) in [6.45, 7) is 3.20. The Morgan fingerprint density at radius 3 is 2.92 bits per heavy atom. The van der Waals surface area contributed by atoms with Gasteiger partial charge in [0.25, 0.3) is 0 Å². The monoisotopic (exact) mass is 169 g/mol. The van der Waals surface area contributed by atoms with Crippen molar-refractivity contribution in [2.24, 2.45) is 10.8 Å². The largest absolute Gasteiger partial charge is 0.325 e. The zero-order valence-electron chi connectivity index (χ0n) is 7.42. The predicted molar refractivity (Wildman–Crippen MR) is 47.7 cm³/mol. The lowest BCUT2D eigenvalue weighted by atomic mass is 10.1. The molecule has 1 aliphatic rings. The van der Waals surface area contributed by atoms with Crippen LogP contribution in [0.1, 0.15) is 26.2 Å². The van der Waals surface area contributed by atoms with Gasteiger partial charge < -0.3 is 5.73 Å². The molecule has 0 fully saturated rings. The molecule has 0 bridgehead atoms. The second-order valence-electron chi connectivity index (χ2n) is 2.89. The van der Waals surface area contributed by atoms with Crippen LogP contribution in [0, 0.1) is 0 Å². The Balaban J connectivity index is 2.61. The van der Waals surface area contributed by atoms with Crippen molar-refractivity contribution in [2.75, 3.05) is 13.1 Å². The van der Waals surface area contributed by atoms with Gasteiger partial charge in [0.2, 0.25) is 5.91 Å². The predicted octanol–water partition coefficient (Wildman–Crippen LogP) is 0.334. The topological polar surface area (TPSA) is 58.7 Å². The van der Waals surface area contributed by atoms with Gasteiger partial charge in [-0.1, -0.05) is 6.92 Å². The molecule has 0 aromatic rings. The van der Waals surface area contributed by atoms with Crippen LogP contribution in [0.3, 0.4) is 0 Å². The molecule has 4 heteroatoms. The third kappa shape index (κ3) is 2.04. The molecule has 0 radical (unpaired) electrons. The number of hydrogen-bond donors (Lipinski definition) is 1. The van der Waals surface area contributed by atoms with E-state index in [-0.39, 0.29) is 5.91 Å². The number of rotatable bonds is 3. The Kier molecular flexibility index (Phi) is 3.22. The molecular weight excluding hydrogens is 154 g/mol. The van der Waals surface area contributed by atoms with Crippen LogP contribution >= 0.6 is 0 Å². The Bertz CT molecular complexity index is 200. The van der Waals surface area contributed by atoms with Crippen molar-refractivity contribution in [3.8, 4) is 0 Å². The molecule has 0 unspecified atom stereocenters. The summed E-state index contributed by atoms with van der Waals surface area (Å²) >= 11 is 0. The molecular formula is C8H15N3O. The minimum Gasteiger partial charge on any atom is -0.325 e. The zero-order chi connectivity index (χ0) is 8.97. The van der Waals surface area contributed by atoms with E-state index in [2.05, 4.69) is 5.10 Å². The number of carbonyl (C=O) groups excluding carboxylic acids is 1. The van der Waals surface area contributed by atoms with Crippen LogP contribution in [-0.2, 0) is 4.79 Å². The van der Waals surface area contributed by atoms with E-state index in [0.29, 0.717) is 19.5 Å². The summed E-state index contributed by atoms with van der Waals surface area (Å²) in [4.78, 5) is 11.2. The van der Waals surface area contributed by atoms with Crippen molar-refractivity contribution >= 4 is 11.6 Å². The smallest absolute Gasteiger partial charge is 0.243 e. The Labute approximate surface area is 72.4 Å². The van der Waals surface area contributed by atoms with Gasteiger partial charge in [-0.25, -0.2) is 5.01 Å². The first-order chi connectivity index (χ1) is 5.77. The van der Waals surface area contributed by atoms with Crippen LogP contribution in [0.25, 0.3) is 0 Å². The molecule has 1 aliphatic heterocycles. The van der Waals surface area contributed by atoms with Crippen molar-refractivity contribution < 1.29 is 4.79 Å². The Morgan fingerprint density at radius 1 is 1.58 bits per heavy atom. The average molecular weight is 169 g/mol. The van der Waals surface area contributed by atoms with Crippen LogP contribution in [0.5, 0.6) is 0 Å². The first-order valence-corrected chi connectivity index (χ1v) is 4.34. The van der Waals surface area contributed by atoms with E-state index in [1.807, 2.05) is 6.92 Å². The molecule has 2 N–H and O–H groups in total. The number of amides is 1. The summed E-state index contributed by atoms with van der Waals surface area (Å²) in [6, 6.07) is 0. The fourth-order valence-electron chi connectivity index (χ4n) is 1.19. The van der Waals surface area contributed by atoms with Gasteiger partial charge in [-0.3, -0.25) is 4.79 Å². The van der Waals surface area contributed by atoms with Crippen LogP contribution in [0.4, 0.5) is 0 Å². The van der Waals surface area contributed by atoms with Crippen molar-refractivity contribution in [1.82, 2.24) is 5.01 Å². The van der Waals surface area contributed by atoms with Crippen molar-refractivity contribution in [3.63, 3.8) is 0 Å². The molecule has 1 heterocycles.